The summed E-state index contributed by atoms with van der Waals surface area (Å²) in [5.41, 5.74) is 8.34. The highest BCUT2D eigenvalue weighted by Gasteiger charge is 2.28. The highest BCUT2D eigenvalue weighted by Crippen LogP contribution is 2.38. The van der Waals surface area contributed by atoms with Gasteiger partial charge >= 0.3 is 0 Å². The molecule has 186 valence electrons. The maximum atomic E-state index is 11.3. The quantitative estimate of drug-likeness (QED) is 0.113. The SMILES string of the molecule is O=C(C=Cc1ccc2c(c1)CCC2N(CCc1c[nH]c2cc(Cl)ccc12)Cc1cc(Cl)c(Cl)[nH]1)NO. The number of hydrogen-bond acceptors (Lipinski definition) is 3. The molecule has 1 amide bonds. The second-order valence-corrected chi connectivity index (χ2v) is 10.2. The smallest absolute Gasteiger partial charge is 0.267 e. The number of hydrogen-bond donors (Lipinski definition) is 4. The summed E-state index contributed by atoms with van der Waals surface area (Å²) in [6.07, 6.45) is 7.88. The first kappa shape index (κ1) is 24.9. The molecule has 2 heterocycles. The molecule has 1 aliphatic rings. The van der Waals surface area contributed by atoms with Crippen LogP contribution in [0.4, 0.5) is 0 Å². The number of nitrogens with one attached hydrogen (secondary N) is 3. The standard InChI is InChI=1S/C27H25Cl3N4O2/c28-19-4-6-21-18(14-31-24(21)12-19)9-10-34(15-20-13-23(29)27(30)32-20)25-7-3-17-11-16(1-5-22(17)25)2-8-26(35)33-36/h1-2,4-6,8,11-14,25,31-32,36H,3,7,9-10,15H2,(H,33,35). The molecule has 4 aromatic rings. The van der Waals surface area contributed by atoms with E-state index in [-0.39, 0.29) is 6.04 Å². The van der Waals surface area contributed by atoms with E-state index in [1.165, 1.54) is 28.2 Å². The van der Waals surface area contributed by atoms with Crippen molar-refractivity contribution in [3.63, 3.8) is 0 Å². The number of nitrogens with zero attached hydrogens (tertiary/aromatic N) is 1. The van der Waals surface area contributed by atoms with Crippen LogP contribution in [-0.4, -0.2) is 32.5 Å². The third-order valence-electron chi connectivity index (χ3n) is 6.74. The number of fused-ring (bicyclic) bond motifs is 2. The molecular formula is C27H25Cl3N4O2. The summed E-state index contributed by atoms with van der Waals surface area (Å²) < 4.78 is 0. The molecule has 0 aliphatic heterocycles. The molecule has 2 aromatic carbocycles. The highest BCUT2D eigenvalue weighted by atomic mass is 35.5. The minimum atomic E-state index is -0.553. The van der Waals surface area contributed by atoms with Crippen molar-refractivity contribution >= 4 is 57.7 Å². The first-order valence-corrected chi connectivity index (χ1v) is 12.8. The van der Waals surface area contributed by atoms with Gasteiger partial charge in [-0.2, -0.15) is 0 Å². The second kappa shape index (κ2) is 10.7. The van der Waals surface area contributed by atoms with E-state index < -0.39 is 5.91 Å². The summed E-state index contributed by atoms with van der Waals surface area (Å²) in [5, 5.41) is 11.6. The Balaban J connectivity index is 1.40. The number of aromatic nitrogens is 2. The molecule has 9 heteroatoms. The summed E-state index contributed by atoms with van der Waals surface area (Å²) >= 11 is 18.6. The molecule has 0 saturated heterocycles. The van der Waals surface area contributed by atoms with E-state index in [1.807, 2.05) is 24.3 Å². The molecule has 0 fully saturated rings. The molecule has 0 bridgehead atoms. The van der Waals surface area contributed by atoms with Gasteiger partial charge in [0, 0.05) is 53.0 Å². The van der Waals surface area contributed by atoms with Gasteiger partial charge in [0.05, 0.1) is 5.02 Å². The number of halogens is 3. The lowest BCUT2D eigenvalue weighted by molar-refractivity contribution is -0.124. The van der Waals surface area contributed by atoms with E-state index in [1.54, 1.807) is 11.6 Å². The number of amides is 1. The van der Waals surface area contributed by atoms with Crippen LogP contribution in [0.5, 0.6) is 0 Å². The Bertz CT molecular complexity index is 1420. The fourth-order valence-electron chi connectivity index (χ4n) is 5.04. The van der Waals surface area contributed by atoms with Crippen molar-refractivity contribution in [2.75, 3.05) is 6.54 Å². The fraction of sp³-hybridized carbons (Fsp3) is 0.222. The minimum Gasteiger partial charge on any atom is -0.361 e. The van der Waals surface area contributed by atoms with Crippen LogP contribution in [0, 0.1) is 0 Å². The van der Waals surface area contributed by atoms with Gasteiger partial charge in [-0.05, 0) is 65.8 Å². The lowest BCUT2D eigenvalue weighted by Crippen LogP contribution is -2.29. The van der Waals surface area contributed by atoms with E-state index >= 15 is 0 Å². The molecule has 36 heavy (non-hydrogen) atoms. The summed E-state index contributed by atoms with van der Waals surface area (Å²) in [6.45, 7) is 1.52. The number of benzene rings is 2. The molecule has 1 unspecified atom stereocenters. The molecule has 1 aliphatic carbocycles. The van der Waals surface area contributed by atoms with Gasteiger partial charge in [0.25, 0.3) is 5.91 Å². The van der Waals surface area contributed by atoms with Crippen molar-refractivity contribution in [2.24, 2.45) is 0 Å². The lowest BCUT2D eigenvalue weighted by atomic mass is 10.0. The third-order valence-corrected chi connectivity index (χ3v) is 7.67. The number of aromatic amines is 2. The van der Waals surface area contributed by atoms with Crippen molar-refractivity contribution in [2.45, 2.75) is 31.8 Å². The first-order valence-electron chi connectivity index (χ1n) is 11.7. The normalized spacial score (nSPS) is 15.3. The Morgan fingerprint density at radius 1 is 1.17 bits per heavy atom. The molecule has 0 radical (unpaired) electrons. The van der Waals surface area contributed by atoms with Crippen LogP contribution in [0.15, 0.2) is 54.7 Å². The van der Waals surface area contributed by atoms with E-state index in [4.69, 9.17) is 40.0 Å². The molecule has 0 saturated carbocycles. The zero-order valence-corrected chi connectivity index (χ0v) is 21.6. The van der Waals surface area contributed by atoms with Crippen molar-refractivity contribution in [3.8, 4) is 0 Å². The van der Waals surface area contributed by atoms with Crippen molar-refractivity contribution < 1.29 is 10.0 Å². The predicted molar refractivity (Wildman–Crippen MR) is 145 cm³/mol. The van der Waals surface area contributed by atoms with Crippen LogP contribution in [0.25, 0.3) is 17.0 Å². The second-order valence-electron chi connectivity index (χ2n) is 9.00. The number of carbonyl (C=O) groups is 1. The van der Waals surface area contributed by atoms with Crippen LogP contribution < -0.4 is 5.48 Å². The molecule has 6 nitrogen and oxygen atoms in total. The maximum Gasteiger partial charge on any atom is 0.267 e. The van der Waals surface area contributed by atoms with E-state index in [0.717, 1.165) is 42.6 Å². The Morgan fingerprint density at radius 2 is 2.03 bits per heavy atom. The summed E-state index contributed by atoms with van der Waals surface area (Å²) in [4.78, 5) is 20.3. The summed E-state index contributed by atoms with van der Waals surface area (Å²) in [5.74, 6) is -0.553. The van der Waals surface area contributed by atoms with E-state index in [9.17, 15) is 4.79 Å². The van der Waals surface area contributed by atoms with Gasteiger partial charge in [-0.3, -0.25) is 14.9 Å². The van der Waals surface area contributed by atoms with Gasteiger partial charge < -0.3 is 9.97 Å². The lowest BCUT2D eigenvalue weighted by Gasteiger charge is -2.29. The van der Waals surface area contributed by atoms with Crippen LogP contribution >= 0.6 is 34.8 Å². The molecule has 0 spiro atoms. The maximum absolute atomic E-state index is 11.3. The third kappa shape index (κ3) is 5.33. The molecule has 1 atom stereocenters. The van der Waals surface area contributed by atoms with Crippen LogP contribution in [0.2, 0.25) is 15.2 Å². The van der Waals surface area contributed by atoms with Gasteiger partial charge in [-0.25, -0.2) is 5.48 Å². The number of hydroxylamine groups is 1. The fourth-order valence-corrected chi connectivity index (χ4v) is 5.57. The number of carbonyl (C=O) groups excluding carboxylic acids is 1. The van der Waals surface area contributed by atoms with E-state index in [2.05, 4.69) is 39.3 Å². The summed E-state index contributed by atoms with van der Waals surface area (Å²) in [6, 6.07) is 14.3. The van der Waals surface area contributed by atoms with Crippen molar-refractivity contribution in [3.05, 3.63) is 97.9 Å². The Morgan fingerprint density at radius 3 is 2.81 bits per heavy atom. The van der Waals surface area contributed by atoms with Crippen molar-refractivity contribution in [1.82, 2.24) is 20.3 Å². The number of aryl methyl sites for hydroxylation is 1. The minimum absolute atomic E-state index is 0.235. The Kier molecular flexibility index (Phi) is 7.42. The van der Waals surface area contributed by atoms with Crippen LogP contribution in [0.3, 0.4) is 0 Å². The highest BCUT2D eigenvalue weighted by molar-refractivity contribution is 6.41. The molecule has 2 aromatic heterocycles. The van der Waals surface area contributed by atoms with Crippen molar-refractivity contribution in [1.29, 1.82) is 0 Å². The van der Waals surface area contributed by atoms with Crippen LogP contribution in [0.1, 0.15) is 40.4 Å². The summed E-state index contributed by atoms with van der Waals surface area (Å²) in [7, 11) is 0. The molecule has 4 N–H and O–H groups in total. The Labute approximate surface area is 223 Å². The van der Waals surface area contributed by atoms with Gasteiger partial charge in [0.15, 0.2) is 0 Å². The van der Waals surface area contributed by atoms with Gasteiger partial charge in [-0.1, -0.05) is 59.1 Å². The topological polar surface area (TPSA) is 84.2 Å². The average molecular weight is 544 g/mol. The zero-order valence-electron chi connectivity index (χ0n) is 19.3. The molecular weight excluding hydrogens is 519 g/mol. The van der Waals surface area contributed by atoms with Gasteiger partial charge in [0.2, 0.25) is 0 Å². The largest absolute Gasteiger partial charge is 0.361 e. The zero-order chi connectivity index (χ0) is 25.2. The predicted octanol–water partition coefficient (Wildman–Crippen LogP) is 6.71. The monoisotopic (exact) mass is 542 g/mol. The van der Waals surface area contributed by atoms with Gasteiger partial charge in [0.1, 0.15) is 5.15 Å². The number of rotatable bonds is 8. The average Bonchev–Trinajstić information content (AvgIpc) is 3.56. The number of H-pyrrole nitrogens is 2. The molecule has 5 rings (SSSR count). The van der Waals surface area contributed by atoms with Crippen LogP contribution in [-0.2, 0) is 24.2 Å². The first-order chi connectivity index (χ1) is 17.4. The van der Waals surface area contributed by atoms with E-state index in [0.29, 0.717) is 21.7 Å². The van der Waals surface area contributed by atoms with Gasteiger partial charge in [-0.15, -0.1) is 0 Å². The Hall–Kier alpha value is -2.74.